The Hall–Kier alpha value is -1.40. The van der Waals surface area contributed by atoms with Gasteiger partial charge in [0.25, 0.3) is 0 Å². The van der Waals surface area contributed by atoms with Gasteiger partial charge in [0.05, 0.1) is 15.5 Å². The van der Waals surface area contributed by atoms with Gasteiger partial charge in [-0.3, -0.25) is 10.2 Å². The van der Waals surface area contributed by atoms with E-state index in [0.717, 1.165) is 10.2 Å². The Morgan fingerprint density at radius 3 is 2.82 bits per heavy atom. The normalized spacial score (nSPS) is 20.5. The fraction of sp³-hybridized carbons (Fsp3) is 0.182. The summed E-state index contributed by atoms with van der Waals surface area (Å²) in [4.78, 5) is 17.7. The van der Waals surface area contributed by atoms with E-state index in [1.54, 1.807) is 0 Å². The molecule has 4 nitrogen and oxygen atoms in total. The van der Waals surface area contributed by atoms with E-state index in [4.69, 9.17) is 5.41 Å². The number of benzene rings is 1. The Kier molecular flexibility index (Phi) is 2.41. The number of thiazole rings is 1. The highest BCUT2D eigenvalue weighted by Crippen LogP contribution is 2.35. The van der Waals surface area contributed by atoms with Gasteiger partial charge in [-0.05, 0) is 19.1 Å². The number of nitrogens with zero attached hydrogens (tertiary/aromatic N) is 2. The molecule has 0 saturated carbocycles. The molecular weight excluding hydrogens is 254 g/mol. The second-order valence-corrected chi connectivity index (χ2v) is 6.04. The van der Waals surface area contributed by atoms with E-state index in [2.05, 4.69) is 4.98 Å². The molecule has 1 unspecified atom stereocenters. The summed E-state index contributed by atoms with van der Waals surface area (Å²) in [7, 11) is 0. The van der Waals surface area contributed by atoms with Crippen molar-refractivity contribution < 1.29 is 4.79 Å². The predicted molar refractivity (Wildman–Crippen MR) is 71.9 cm³/mol. The van der Waals surface area contributed by atoms with Gasteiger partial charge in [0.2, 0.25) is 5.91 Å². The minimum atomic E-state index is -0.186. The van der Waals surface area contributed by atoms with Gasteiger partial charge in [0.1, 0.15) is 0 Å². The third-order valence-corrected chi connectivity index (χ3v) is 4.52. The molecule has 0 aliphatic carbocycles. The summed E-state index contributed by atoms with van der Waals surface area (Å²) in [6.07, 6.45) is 0. The lowest BCUT2D eigenvalue weighted by Gasteiger charge is -2.09. The zero-order chi connectivity index (χ0) is 12.0. The number of thioether (sulfide) groups is 1. The van der Waals surface area contributed by atoms with Gasteiger partial charge < -0.3 is 0 Å². The number of rotatable bonds is 1. The maximum atomic E-state index is 11.9. The van der Waals surface area contributed by atoms with E-state index in [0.29, 0.717) is 5.13 Å². The van der Waals surface area contributed by atoms with Crippen LogP contribution in [-0.2, 0) is 4.79 Å². The van der Waals surface area contributed by atoms with Crippen LogP contribution in [0, 0.1) is 5.41 Å². The Morgan fingerprint density at radius 2 is 2.18 bits per heavy atom. The van der Waals surface area contributed by atoms with Gasteiger partial charge in [0.15, 0.2) is 10.3 Å². The summed E-state index contributed by atoms with van der Waals surface area (Å²) in [5, 5.41) is 8.49. The highest BCUT2D eigenvalue weighted by atomic mass is 32.2. The molecule has 1 atom stereocenters. The molecule has 1 aliphatic heterocycles. The summed E-state index contributed by atoms with van der Waals surface area (Å²) in [5.74, 6) is -0.0564. The number of aromatic nitrogens is 1. The van der Waals surface area contributed by atoms with E-state index in [1.165, 1.54) is 28.0 Å². The third kappa shape index (κ3) is 1.64. The molecular formula is C11H9N3OS2. The molecule has 1 aliphatic rings. The van der Waals surface area contributed by atoms with Gasteiger partial charge in [-0.15, -0.1) is 0 Å². The number of carbonyl (C=O) groups excluding carboxylic acids is 1. The highest BCUT2D eigenvalue weighted by molar-refractivity contribution is 8.16. The molecule has 6 heteroatoms. The van der Waals surface area contributed by atoms with E-state index < -0.39 is 0 Å². The molecule has 2 aromatic rings. The van der Waals surface area contributed by atoms with Crippen LogP contribution >= 0.6 is 23.1 Å². The molecule has 86 valence electrons. The maximum Gasteiger partial charge on any atom is 0.248 e. The topological polar surface area (TPSA) is 57.1 Å². The number of fused-ring (bicyclic) bond motifs is 1. The van der Waals surface area contributed by atoms with Crippen LogP contribution in [0.5, 0.6) is 0 Å². The van der Waals surface area contributed by atoms with Gasteiger partial charge in [-0.1, -0.05) is 35.2 Å². The SMILES string of the molecule is CC1SC(=N)N(c2nc3ccccc3s2)C1=O. The predicted octanol–water partition coefficient (Wildman–Crippen LogP) is 2.70. The first kappa shape index (κ1) is 10.7. The molecule has 1 fully saturated rings. The molecule has 1 amide bonds. The van der Waals surface area contributed by atoms with Gasteiger partial charge in [-0.25, -0.2) is 9.88 Å². The summed E-state index contributed by atoms with van der Waals surface area (Å²) < 4.78 is 1.03. The number of nitrogens with one attached hydrogen (secondary N) is 1. The first-order chi connectivity index (χ1) is 8.16. The largest absolute Gasteiger partial charge is 0.278 e. The molecule has 1 N–H and O–H groups in total. The van der Waals surface area contributed by atoms with Crippen molar-refractivity contribution in [1.82, 2.24) is 4.98 Å². The molecule has 1 aromatic carbocycles. The smallest absolute Gasteiger partial charge is 0.248 e. The van der Waals surface area contributed by atoms with Crippen molar-refractivity contribution in [2.75, 3.05) is 4.90 Å². The Labute approximate surface area is 106 Å². The van der Waals surface area contributed by atoms with Gasteiger partial charge in [0, 0.05) is 0 Å². The van der Waals surface area contributed by atoms with Crippen molar-refractivity contribution in [1.29, 1.82) is 5.41 Å². The summed E-state index contributed by atoms with van der Waals surface area (Å²) >= 11 is 2.71. The lowest BCUT2D eigenvalue weighted by atomic mass is 10.3. The maximum absolute atomic E-state index is 11.9. The van der Waals surface area contributed by atoms with E-state index in [9.17, 15) is 4.79 Å². The van der Waals surface area contributed by atoms with E-state index in [-0.39, 0.29) is 16.3 Å². The van der Waals surface area contributed by atoms with Crippen molar-refractivity contribution >= 4 is 49.5 Å². The molecule has 1 aromatic heterocycles. The second-order valence-electron chi connectivity index (χ2n) is 3.70. The van der Waals surface area contributed by atoms with Crippen LogP contribution in [0.2, 0.25) is 0 Å². The van der Waals surface area contributed by atoms with Crippen molar-refractivity contribution in [2.45, 2.75) is 12.2 Å². The first-order valence-corrected chi connectivity index (χ1v) is 6.81. The molecule has 0 spiro atoms. The first-order valence-electron chi connectivity index (χ1n) is 5.11. The lowest BCUT2D eigenvalue weighted by Crippen LogP contribution is -2.30. The number of hydrogen-bond donors (Lipinski definition) is 1. The standard InChI is InChI=1S/C11H9N3OS2/c1-6-9(15)14(10(12)16-6)11-13-7-4-2-3-5-8(7)17-11/h2-6,12H,1H3. The highest BCUT2D eigenvalue weighted by Gasteiger charge is 2.36. The zero-order valence-electron chi connectivity index (χ0n) is 9.01. The van der Waals surface area contributed by atoms with Crippen molar-refractivity contribution in [3.63, 3.8) is 0 Å². The summed E-state index contributed by atoms with van der Waals surface area (Å²) in [6, 6.07) is 7.74. The minimum absolute atomic E-state index is 0.0564. The van der Waals surface area contributed by atoms with Gasteiger partial charge >= 0.3 is 0 Å². The molecule has 2 heterocycles. The van der Waals surface area contributed by atoms with Crippen molar-refractivity contribution in [2.24, 2.45) is 0 Å². The fourth-order valence-corrected chi connectivity index (χ4v) is 3.55. The third-order valence-electron chi connectivity index (χ3n) is 2.53. The van der Waals surface area contributed by atoms with Gasteiger partial charge in [-0.2, -0.15) is 0 Å². The van der Waals surface area contributed by atoms with Crippen LogP contribution in [0.25, 0.3) is 10.2 Å². The average Bonchev–Trinajstić information content (AvgIpc) is 2.81. The number of anilines is 1. The molecule has 17 heavy (non-hydrogen) atoms. The minimum Gasteiger partial charge on any atom is -0.278 e. The Morgan fingerprint density at radius 1 is 1.41 bits per heavy atom. The number of amides is 1. The summed E-state index contributed by atoms with van der Waals surface area (Å²) in [5.41, 5.74) is 0.873. The van der Waals surface area contributed by atoms with Crippen LogP contribution < -0.4 is 4.90 Å². The Bertz CT molecular complexity index is 589. The summed E-state index contributed by atoms with van der Waals surface area (Å²) in [6.45, 7) is 1.81. The lowest BCUT2D eigenvalue weighted by molar-refractivity contribution is -0.116. The number of hydrogen-bond acceptors (Lipinski definition) is 5. The van der Waals surface area contributed by atoms with Crippen LogP contribution in [-0.4, -0.2) is 21.3 Å². The van der Waals surface area contributed by atoms with Crippen LogP contribution in [0.4, 0.5) is 5.13 Å². The van der Waals surface area contributed by atoms with Crippen LogP contribution in [0.3, 0.4) is 0 Å². The molecule has 3 rings (SSSR count). The number of carbonyl (C=O) groups is 1. The molecule has 0 radical (unpaired) electrons. The van der Waals surface area contributed by atoms with E-state index in [1.807, 2.05) is 31.2 Å². The number of para-hydroxylation sites is 1. The Balaban J connectivity index is 2.09. The van der Waals surface area contributed by atoms with Crippen molar-refractivity contribution in [3.8, 4) is 0 Å². The second kappa shape index (κ2) is 3.82. The average molecular weight is 263 g/mol. The van der Waals surface area contributed by atoms with Crippen molar-refractivity contribution in [3.05, 3.63) is 24.3 Å². The quantitative estimate of drug-likeness (QED) is 0.860. The van der Waals surface area contributed by atoms with E-state index >= 15 is 0 Å². The fourth-order valence-electron chi connectivity index (χ4n) is 1.69. The monoisotopic (exact) mass is 263 g/mol. The molecule has 1 saturated heterocycles. The van der Waals surface area contributed by atoms with Crippen LogP contribution in [0.1, 0.15) is 6.92 Å². The number of amidine groups is 1. The zero-order valence-corrected chi connectivity index (χ0v) is 10.6. The molecule has 0 bridgehead atoms. The van der Waals surface area contributed by atoms with Crippen LogP contribution in [0.15, 0.2) is 24.3 Å².